The molecule has 0 aliphatic carbocycles. The number of ether oxygens (including phenoxy) is 1. The number of carbonyl (C=O) groups is 2. The van der Waals surface area contributed by atoms with Gasteiger partial charge in [-0.05, 0) is 47.0 Å². The molecule has 1 aromatic carbocycles. The molecule has 7 heteroatoms. The summed E-state index contributed by atoms with van der Waals surface area (Å²) in [6, 6.07) is 5.01. The van der Waals surface area contributed by atoms with Gasteiger partial charge in [-0.2, -0.15) is 0 Å². The van der Waals surface area contributed by atoms with Gasteiger partial charge in [0.15, 0.2) is 6.10 Å². The highest BCUT2D eigenvalue weighted by Gasteiger charge is 2.34. The number of carbonyl (C=O) groups excluding carboxylic acids is 1. The number of aliphatic carboxylic acids is 1. The number of rotatable bonds is 3. The van der Waals surface area contributed by atoms with E-state index in [9.17, 15) is 9.59 Å². The van der Waals surface area contributed by atoms with Crippen LogP contribution in [0.4, 0.5) is 5.69 Å². The van der Waals surface area contributed by atoms with E-state index in [0.717, 1.165) is 0 Å². The Hall–Kier alpha value is -1.11. The Balaban J connectivity index is 2.02. The van der Waals surface area contributed by atoms with Crippen LogP contribution in [0.15, 0.2) is 22.7 Å². The molecule has 0 aromatic heterocycles. The molecule has 1 amide bonds. The average molecular weight is 349 g/mol. The van der Waals surface area contributed by atoms with Crippen molar-refractivity contribution in [2.45, 2.75) is 25.0 Å². The van der Waals surface area contributed by atoms with E-state index < -0.39 is 18.2 Å². The molecular weight excluding hydrogens is 337 g/mol. The molecule has 2 N–H and O–H groups in total. The molecule has 0 saturated carbocycles. The Kier molecular flexibility index (Phi) is 4.44. The number of carboxylic acids is 1. The molecule has 1 aromatic rings. The maximum atomic E-state index is 12.0. The zero-order valence-electron chi connectivity index (χ0n) is 9.73. The zero-order chi connectivity index (χ0) is 14.0. The Labute approximate surface area is 123 Å². The number of benzene rings is 1. The van der Waals surface area contributed by atoms with Gasteiger partial charge in [0.1, 0.15) is 6.10 Å². The summed E-state index contributed by atoms with van der Waals surface area (Å²) < 4.78 is 5.86. The second-order valence-electron chi connectivity index (χ2n) is 4.14. The van der Waals surface area contributed by atoms with Gasteiger partial charge >= 0.3 is 5.97 Å². The molecule has 2 rings (SSSR count). The fourth-order valence-corrected chi connectivity index (χ4v) is 2.34. The highest BCUT2D eigenvalue weighted by molar-refractivity contribution is 9.10. The minimum absolute atomic E-state index is 0.337. The number of anilines is 1. The normalized spacial score (nSPS) is 22.2. The van der Waals surface area contributed by atoms with E-state index in [2.05, 4.69) is 21.2 Å². The first-order chi connectivity index (χ1) is 8.97. The summed E-state index contributed by atoms with van der Waals surface area (Å²) in [6.07, 6.45) is -0.920. The smallest absolute Gasteiger partial charge is 0.332 e. The molecular formula is C12H11BrClNO4. The van der Waals surface area contributed by atoms with Crippen molar-refractivity contribution in [1.29, 1.82) is 0 Å². The van der Waals surface area contributed by atoms with Gasteiger partial charge in [-0.1, -0.05) is 11.6 Å². The minimum Gasteiger partial charge on any atom is -0.479 e. The van der Waals surface area contributed by atoms with Gasteiger partial charge in [0.2, 0.25) is 0 Å². The molecule has 1 fully saturated rings. The third kappa shape index (κ3) is 3.46. The summed E-state index contributed by atoms with van der Waals surface area (Å²) in [5.41, 5.74) is 0.528. The van der Waals surface area contributed by atoms with Crippen molar-refractivity contribution in [2.24, 2.45) is 0 Å². The van der Waals surface area contributed by atoms with E-state index in [1.165, 1.54) is 0 Å². The van der Waals surface area contributed by atoms with Crippen LogP contribution in [0.3, 0.4) is 0 Å². The van der Waals surface area contributed by atoms with Crippen LogP contribution in [0.2, 0.25) is 5.02 Å². The fraction of sp³-hybridized carbons (Fsp3) is 0.333. The van der Waals surface area contributed by atoms with Crippen LogP contribution in [-0.4, -0.2) is 29.2 Å². The zero-order valence-corrected chi connectivity index (χ0v) is 12.1. The van der Waals surface area contributed by atoms with E-state index in [0.29, 0.717) is 28.0 Å². The summed E-state index contributed by atoms with van der Waals surface area (Å²) >= 11 is 9.14. The van der Waals surface area contributed by atoms with Gasteiger partial charge in [0.05, 0.1) is 5.69 Å². The van der Waals surface area contributed by atoms with E-state index in [1.807, 2.05) is 0 Å². The quantitative estimate of drug-likeness (QED) is 0.880. The monoisotopic (exact) mass is 347 g/mol. The standard InChI is InChI=1S/C12H11BrClNO4/c13-7-2-1-6(14)5-8(7)15-11(16)9-3-4-10(19-9)12(17)18/h1-2,5,9-10H,3-4H2,(H,15,16)(H,17,18)/t9-,10+/m0/s1. The molecule has 0 bridgehead atoms. The third-order valence-corrected chi connectivity index (χ3v) is 3.70. The van der Waals surface area contributed by atoms with Crippen molar-refractivity contribution in [3.8, 4) is 0 Å². The molecule has 1 aliphatic rings. The molecule has 19 heavy (non-hydrogen) atoms. The van der Waals surface area contributed by atoms with Gasteiger partial charge in [0.25, 0.3) is 5.91 Å². The Morgan fingerprint density at radius 3 is 2.68 bits per heavy atom. The molecule has 0 radical (unpaired) electrons. The maximum absolute atomic E-state index is 12.0. The summed E-state index contributed by atoms with van der Waals surface area (Å²) in [6.45, 7) is 0. The lowest BCUT2D eigenvalue weighted by Gasteiger charge is -2.13. The number of hydrogen-bond acceptors (Lipinski definition) is 3. The van der Waals surface area contributed by atoms with Crippen LogP contribution in [-0.2, 0) is 14.3 Å². The van der Waals surface area contributed by atoms with Crippen molar-refractivity contribution in [3.63, 3.8) is 0 Å². The Bertz CT molecular complexity index is 522. The highest BCUT2D eigenvalue weighted by Crippen LogP contribution is 2.27. The molecule has 0 spiro atoms. The summed E-state index contributed by atoms with van der Waals surface area (Å²) in [7, 11) is 0. The predicted octanol–water partition coefficient (Wildman–Crippen LogP) is 2.67. The SMILES string of the molecule is O=C(Nc1cc(Cl)ccc1Br)[C@@H]1CC[C@H](C(=O)O)O1. The highest BCUT2D eigenvalue weighted by atomic mass is 79.9. The largest absolute Gasteiger partial charge is 0.479 e. The molecule has 102 valence electrons. The van der Waals surface area contributed by atoms with Crippen LogP contribution < -0.4 is 5.32 Å². The van der Waals surface area contributed by atoms with Gasteiger partial charge in [-0.15, -0.1) is 0 Å². The second kappa shape index (κ2) is 5.90. The Morgan fingerprint density at radius 1 is 1.37 bits per heavy atom. The van der Waals surface area contributed by atoms with E-state index >= 15 is 0 Å². The number of nitrogens with one attached hydrogen (secondary N) is 1. The summed E-state index contributed by atoms with van der Waals surface area (Å²) in [5.74, 6) is -1.41. The first-order valence-corrected chi connectivity index (χ1v) is 6.78. The molecule has 1 saturated heterocycles. The topological polar surface area (TPSA) is 75.6 Å². The van der Waals surface area contributed by atoms with Crippen molar-refractivity contribution in [2.75, 3.05) is 5.32 Å². The van der Waals surface area contributed by atoms with Crippen molar-refractivity contribution < 1.29 is 19.4 Å². The maximum Gasteiger partial charge on any atom is 0.332 e. The number of halogens is 2. The Morgan fingerprint density at radius 2 is 2.05 bits per heavy atom. The molecule has 2 atom stereocenters. The van der Waals surface area contributed by atoms with Crippen LogP contribution in [0.25, 0.3) is 0 Å². The molecule has 1 heterocycles. The second-order valence-corrected chi connectivity index (χ2v) is 5.43. The van der Waals surface area contributed by atoms with Crippen LogP contribution >= 0.6 is 27.5 Å². The first-order valence-electron chi connectivity index (χ1n) is 5.61. The first kappa shape index (κ1) is 14.3. The van der Waals surface area contributed by atoms with Gasteiger partial charge in [0, 0.05) is 9.50 Å². The average Bonchev–Trinajstić information content (AvgIpc) is 2.83. The van der Waals surface area contributed by atoms with Gasteiger partial charge < -0.3 is 15.2 Å². The summed E-state index contributed by atoms with van der Waals surface area (Å²) in [4.78, 5) is 22.7. The van der Waals surface area contributed by atoms with E-state index in [4.69, 9.17) is 21.4 Å². The van der Waals surface area contributed by atoms with E-state index in [-0.39, 0.29) is 5.91 Å². The number of carboxylic acid groups (broad SMARTS) is 1. The summed E-state index contributed by atoms with van der Waals surface area (Å²) in [5, 5.41) is 12.0. The molecule has 1 aliphatic heterocycles. The molecule has 5 nitrogen and oxygen atoms in total. The van der Waals surface area contributed by atoms with Crippen molar-refractivity contribution in [1.82, 2.24) is 0 Å². The molecule has 0 unspecified atom stereocenters. The van der Waals surface area contributed by atoms with Gasteiger partial charge in [-0.3, -0.25) is 4.79 Å². The van der Waals surface area contributed by atoms with Crippen LogP contribution in [0, 0.1) is 0 Å². The number of hydrogen-bond donors (Lipinski definition) is 2. The third-order valence-electron chi connectivity index (χ3n) is 2.77. The lowest BCUT2D eigenvalue weighted by molar-refractivity contribution is -0.150. The van der Waals surface area contributed by atoms with Crippen molar-refractivity contribution >= 4 is 45.1 Å². The fourth-order valence-electron chi connectivity index (χ4n) is 1.82. The number of amides is 1. The lowest BCUT2D eigenvalue weighted by Crippen LogP contribution is -2.30. The van der Waals surface area contributed by atoms with E-state index in [1.54, 1.807) is 18.2 Å². The van der Waals surface area contributed by atoms with Crippen LogP contribution in [0.5, 0.6) is 0 Å². The lowest BCUT2D eigenvalue weighted by atomic mass is 10.2. The minimum atomic E-state index is -1.04. The van der Waals surface area contributed by atoms with Crippen molar-refractivity contribution in [3.05, 3.63) is 27.7 Å². The predicted molar refractivity (Wildman–Crippen MR) is 73.3 cm³/mol. The van der Waals surface area contributed by atoms with Crippen LogP contribution in [0.1, 0.15) is 12.8 Å². The van der Waals surface area contributed by atoms with Gasteiger partial charge in [-0.25, -0.2) is 4.79 Å².